The van der Waals surface area contributed by atoms with Crippen LogP contribution in [0.4, 0.5) is 16.2 Å². The van der Waals surface area contributed by atoms with Crippen molar-refractivity contribution in [3.8, 4) is 5.75 Å². The summed E-state index contributed by atoms with van der Waals surface area (Å²) in [5.41, 5.74) is 7.69. The van der Waals surface area contributed by atoms with Crippen molar-refractivity contribution in [2.24, 2.45) is 0 Å². The lowest BCUT2D eigenvalue weighted by molar-refractivity contribution is -0.111. The number of nitrogen functional groups attached to an aromatic ring is 1. The molecule has 0 bridgehead atoms. The molecular formula is C28H29N3O6. The SMILES string of the molecule is CO[C@@H](CC/C=C/C(=O)Nc1ccccc1N)[C@@H](OC(=O)NC(=O)c1ccccc1)c1ccc(O)cc1. The highest BCUT2D eigenvalue weighted by Gasteiger charge is 2.27. The van der Waals surface area contributed by atoms with Crippen molar-refractivity contribution in [3.05, 3.63) is 102 Å². The van der Waals surface area contributed by atoms with Crippen LogP contribution in [-0.4, -0.2) is 36.2 Å². The Morgan fingerprint density at radius 1 is 0.973 bits per heavy atom. The van der Waals surface area contributed by atoms with Gasteiger partial charge in [-0.25, -0.2) is 4.79 Å². The van der Waals surface area contributed by atoms with Gasteiger partial charge in [-0.15, -0.1) is 0 Å². The predicted molar refractivity (Wildman–Crippen MR) is 140 cm³/mol. The number of imide groups is 1. The minimum Gasteiger partial charge on any atom is -0.508 e. The Labute approximate surface area is 214 Å². The second-order valence-electron chi connectivity index (χ2n) is 8.07. The van der Waals surface area contributed by atoms with E-state index in [0.717, 1.165) is 0 Å². The van der Waals surface area contributed by atoms with E-state index in [4.69, 9.17) is 15.2 Å². The number of anilines is 2. The first kappa shape index (κ1) is 27.0. The first-order valence-electron chi connectivity index (χ1n) is 11.6. The topological polar surface area (TPSA) is 140 Å². The average molecular weight is 504 g/mol. The summed E-state index contributed by atoms with van der Waals surface area (Å²) in [5.74, 6) is -0.887. The fourth-order valence-electron chi connectivity index (χ4n) is 3.55. The molecular weight excluding hydrogens is 474 g/mol. The van der Waals surface area contributed by atoms with E-state index in [1.165, 1.54) is 25.3 Å². The summed E-state index contributed by atoms with van der Waals surface area (Å²) in [7, 11) is 1.48. The third-order valence-corrected chi connectivity index (χ3v) is 5.45. The van der Waals surface area contributed by atoms with Crippen LogP contribution in [-0.2, 0) is 14.3 Å². The van der Waals surface area contributed by atoms with Gasteiger partial charge in [0.25, 0.3) is 5.91 Å². The molecule has 0 saturated heterocycles. The van der Waals surface area contributed by atoms with Crippen molar-refractivity contribution >= 4 is 29.3 Å². The molecule has 5 N–H and O–H groups in total. The minimum atomic E-state index is -0.940. The summed E-state index contributed by atoms with van der Waals surface area (Å²) in [5, 5.41) is 14.6. The number of hydrogen-bond acceptors (Lipinski definition) is 7. The quantitative estimate of drug-likeness (QED) is 0.235. The zero-order valence-electron chi connectivity index (χ0n) is 20.3. The molecule has 3 rings (SSSR count). The summed E-state index contributed by atoms with van der Waals surface area (Å²) in [4.78, 5) is 37.1. The Hall–Kier alpha value is -4.63. The number of ether oxygens (including phenoxy) is 2. The fourth-order valence-corrected chi connectivity index (χ4v) is 3.55. The molecule has 0 heterocycles. The highest BCUT2D eigenvalue weighted by atomic mass is 16.6. The van der Waals surface area contributed by atoms with E-state index in [0.29, 0.717) is 35.3 Å². The summed E-state index contributed by atoms with van der Waals surface area (Å²) in [6.45, 7) is 0. The van der Waals surface area contributed by atoms with Crippen LogP contribution in [0.2, 0.25) is 0 Å². The third kappa shape index (κ3) is 8.22. The van der Waals surface area contributed by atoms with E-state index in [9.17, 15) is 19.5 Å². The van der Waals surface area contributed by atoms with E-state index < -0.39 is 24.2 Å². The van der Waals surface area contributed by atoms with Gasteiger partial charge in [-0.05, 0) is 60.9 Å². The summed E-state index contributed by atoms with van der Waals surface area (Å²) >= 11 is 0. The zero-order chi connectivity index (χ0) is 26.6. The van der Waals surface area contributed by atoms with Crippen LogP contribution in [0.5, 0.6) is 5.75 Å². The van der Waals surface area contributed by atoms with Gasteiger partial charge in [0.05, 0.1) is 17.5 Å². The Balaban J connectivity index is 1.64. The number of phenols is 1. The van der Waals surface area contributed by atoms with Gasteiger partial charge in [0.15, 0.2) is 6.10 Å². The summed E-state index contributed by atoms with van der Waals surface area (Å²) in [6, 6.07) is 21.3. The molecule has 0 saturated carbocycles. The van der Waals surface area contributed by atoms with Gasteiger partial charge in [-0.3, -0.25) is 14.9 Å². The Kier molecular flexibility index (Phi) is 9.81. The first-order valence-corrected chi connectivity index (χ1v) is 11.6. The molecule has 37 heavy (non-hydrogen) atoms. The van der Waals surface area contributed by atoms with Gasteiger partial charge in [-0.1, -0.05) is 48.5 Å². The normalized spacial score (nSPS) is 12.5. The van der Waals surface area contributed by atoms with Crippen molar-refractivity contribution in [2.45, 2.75) is 25.0 Å². The highest BCUT2D eigenvalue weighted by molar-refractivity contribution is 6.03. The monoisotopic (exact) mass is 503 g/mol. The number of carbonyl (C=O) groups is 3. The Morgan fingerprint density at radius 2 is 1.65 bits per heavy atom. The maximum absolute atomic E-state index is 12.6. The Morgan fingerprint density at radius 3 is 2.32 bits per heavy atom. The van der Waals surface area contributed by atoms with E-state index >= 15 is 0 Å². The van der Waals surface area contributed by atoms with Crippen molar-refractivity contribution in [1.82, 2.24) is 5.32 Å². The van der Waals surface area contributed by atoms with Crippen LogP contribution in [0.25, 0.3) is 0 Å². The summed E-state index contributed by atoms with van der Waals surface area (Å²) < 4.78 is 11.2. The molecule has 2 atom stereocenters. The largest absolute Gasteiger partial charge is 0.508 e. The number of nitrogens with one attached hydrogen (secondary N) is 2. The lowest BCUT2D eigenvalue weighted by Crippen LogP contribution is -2.35. The minimum absolute atomic E-state index is 0.0492. The second kappa shape index (κ2) is 13.5. The smallest absolute Gasteiger partial charge is 0.414 e. The zero-order valence-corrected chi connectivity index (χ0v) is 20.3. The van der Waals surface area contributed by atoms with Crippen LogP contribution in [0.1, 0.15) is 34.9 Å². The van der Waals surface area contributed by atoms with Crippen molar-refractivity contribution < 1.29 is 29.0 Å². The summed E-state index contributed by atoms with van der Waals surface area (Å²) in [6.07, 6.45) is 1.44. The number of rotatable bonds is 10. The van der Waals surface area contributed by atoms with Crippen LogP contribution in [0.3, 0.4) is 0 Å². The molecule has 9 nitrogen and oxygen atoms in total. The number of carbonyl (C=O) groups excluding carboxylic acids is 3. The van der Waals surface area contributed by atoms with Gasteiger partial charge in [0.2, 0.25) is 5.91 Å². The molecule has 0 aliphatic carbocycles. The number of nitrogens with two attached hydrogens (primary N) is 1. The predicted octanol–water partition coefficient (Wildman–Crippen LogP) is 4.57. The molecule has 3 aromatic rings. The van der Waals surface area contributed by atoms with Crippen molar-refractivity contribution in [3.63, 3.8) is 0 Å². The number of phenolic OH excluding ortho intramolecular Hbond substituents is 1. The molecule has 9 heteroatoms. The van der Waals surface area contributed by atoms with Crippen molar-refractivity contribution in [2.75, 3.05) is 18.2 Å². The van der Waals surface area contributed by atoms with Crippen LogP contribution in [0, 0.1) is 0 Å². The molecule has 0 fully saturated rings. The molecule has 0 aliphatic rings. The van der Waals surface area contributed by atoms with Gasteiger partial charge in [0.1, 0.15) is 5.75 Å². The highest BCUT2D eigenvalue weighted by Crippen LogP contribution is 2.28. The molecule has 192 valence electrons. The standard InChI is InChI=1S/C28H29N3O6/c1-36-24(13-7-8-14-25(33)30-23-12-6-5-11-22(23)29)26(19-15-17-21(32)18-16-19)37-28(35)31-27(34)20-9-3-2-4-10-20/h2-6,8-12,14-18,24,26,32H,7,13,29H2,1H3,(H,30,33)(H,31,34,35)/b14-8+/t24-,26-/m0/s1. The number of amides is 3. The number of alkyl carbamates (subject to hydrolysis) is 1. The molecule has 0 unspecified atom stereocenters. The maximum atomic E-state index is 12.6. The molecule has 3 aromatic carbocycles. The average Bonchev–Trinajstić information content (AvgIpc) is 2.90. The fraction of sp³-hybridized carbons (Fsp3) is 0.179. The van der Waals surface area contributed by atoms with Gasteiger partial charge in [-0.2, -0.15) is 0 Å². The first-order chi connectivity index (χ1) is 17.9. The van der Waals surface area contributed by atoms with E-state index in [1.807, 2.05) is 0 Å². The van der Waals surface area contributed by atoms with E-state index in [1.54, 1.807) is 72.8 Å². The van der Waals surface area contributed by atoms with Crippen LogP contribution in [0.15, 0.2) is 91.0 Å². The molecule has 0 radical (unpaired) electrons. The maximum Gasteiger partial charge on any atom is 0.414 e. The van der Waals surface area contributed by atoms with Gasteiger partial charge < -0.3 is 25.6 Å². The van der Waals surface area contributed by atoms with E-state index in [2.05, 4.69) is 10.6 Å². The lowest BCUT2D eigenvalue weighted by Gasteiger charge is -2.26. The second-order valence-corrected chi connectivity index (χ2v) is 8.07. The Bertz CT molecular complexity index is 1230. The number of allylic oxidation sites excluding steroid dienone is 1. The van der Waals surface area contributed by atoms with Crippen molar-refractivity contribution in [1.29, 1.82) is 0 Å². The lowest BCUT2D eigenvalue weighted by atomic mass is 10.00. The van der Waals surface area contributed by atoms with Crippen LogP contribution < -0.4 is 16.4 Å². The van der Waals surface area contributed by atoms with Gasteiger partial charge >= 0.3 is 6.09 Å². The van der Waals surface area contributed by atoms with Crippen LogP contribution >= 0.6 is 0 Å². The molecule has 3 amide bonds. The van der Waals surface area contributed by atoms with Gasteiger partial charge in [0, 0.05) is 12.7 Å². The number of benzene rings is 3. The third-order valence-electron chi connectivity index (χ3n) is 5.45. The molecule has 0 spiro atoms. The number of para-hydroxylation sites is 2. The molecule has 0 aliphatic heterocycles. The number of hydrogen-bond donors (Lipinski definition) is 4. The molecule has 0 aromatic heterocycles. The van der Waals surface area contributed by atoms with E-state index in [-0.39, 0.29) is 11.7 Å². The number of aromatic hydroxyl groups is 1. The number of methoxy groups -OCH3 is 1.